The van der Waals surface area contributed by atoms with Crippen LogP contribution in [-0.4, -0.2) is 98.1 Å². The lowest BCUT2D eigenvalue weighted by Crippen LogP contribution is -2.50. The van der Waals surface area contributed by atoms with Gasteiger partial charge in [0.25, 0.3) is 0 Å². The fraction of sp³-hybridized carbons (Fsp3) is 0.731. The van der Waals surface area contributed by atoms with Crippen molar-refractivity contribution < 1.29 is 49.1 Å². The number of allylic oxidation sites excluding steroid dienone is 2. The summed E-state index contributed by atoms with van der Waals surface area (Å²) in [4.78, 5) is 59.9. The molecular weight excluding hydrogens is 546 g/mol. The average molecular weight is 588 g/mol. The van der Waals surface area contributed by atoms with E-state index in [0.29, 0.717) is 19.3 Å². The van der Waals surface area contributed by atoms with E-state index < -0.39 is 65.8 Å². The number of rotatable bonds is 11. The summed E-state index contributed by atoms with van der Waals surface area (Å²) in [5.74, 6) is -5.12. The van der Waals surface area contributed by atoms with E-state index in [1.165, 1.54) is 0 Å². The van der Waals surface area contributed by atoms with Gasteiger partial charge in [0.2, 0.25) is 11.8 Å². The minimum absolute atomic E-state index is 0.102. The van der Waals surface area contributed by atoms with Crippen LogP contribution in [0.25, 0.3) is 0 Å². The van der Waals surface area contributed by atoms with Crippen molar-refractivity contribution in [3.8, 4) is 0 Å². The maximum atomic E-state index is 12.8. The summed E-state index contributed by atoms with van der Waals surface area (Å²) in [6, 6.07) is -2.51. The lowest BCUT2D eigenvalue weighted by Gasteiger charge is -2.30. The first kappa shape index (κ1) is 33.5. The van der Waals surface area contributed by atoms with Gasteiger partial charge in [0.15, 0.2) is 0 Å². The van der Waals surface area contributed by atoms with Crippen molar-refractivity contribution in [3.63, 3.8) is 0 Å². The quantitative estimate of drug-likeness (QED) is 0.123. The van der Waals surface area contributed by atoms with Crippen LogP contribution in [0.3, 0.4) is 0 Å². The van der Waals surface area contributed by atoms with Gasteiger partial charge in [-0.1, -0.05) is 12.2 Å². The second-order valence-electron chi connectivity index (χ2n) is 10.4. The van der Waals surface area contributed by atoms with Gasteiger partial charge in [-0.05, 0) is 57.3 Å². The summed E-state index contributed by atoms with van der Waals surface area (Å²) in [5, 5.41) is 43.5. The van der Waals surface area contributed by atoms with Crippen molar-refractivity contribution in [1.29, 1.82) is 0 Å². The Morgan fingerprint density at radius 3 is 2.60 bits per heavy atom. The maximum Gasteiger partial charge on any atom is 0.322 e. The van der Waals surface area contributed by atoms with Crippen LogP contribution in [0.15, 0.2) is 12.2 Å². The number of aliphatic carboxylic acids is 2. The molecule has 14 heteroatoms. The van der Waals surface area contributed by atoms with Crippen LogP contribution < -0.4 is 16.4 Å². The zero-order valence-corrected chi connectivity index (χ0v) is 23.4. The number of hydrogen-bond donors (Lipinski definition) is 7. The van der Waals surface area contributed by atoms with Crippen LogP contribution in [0.4, 0.5) is 0 Å². The number of carboxylic acids is 2. The van der Waals surface area contributed by atoms with E-state index in [4.69, 9.17) is 20.7 Å². The minimum Gasteiger partial charge on any atom is -0.480 e. The van der Waals surface area contributed by atoms with Crippen LogP contribution in [0.2, 0.25) is 0 Å². The van der Waals surface area contributed by atoms with Crippen LogP contribution in [0.1, 0.15) is 58.3 Å². The molecule has 1 fully saturated rings. The molecule has 40 heavy (non-hydrogen) atoms. The van der Waals surface area contributed by atoms with Crippen molar-refractivity contribution >= 4 is 41.5 Å². The largest absolute Gasteiger partial charge is 0.480 e. The Morgan fingerprint density at radius 2 is 1.93 bits per heavy atom. The molecular formula is C26H41N3O10S. The van der Waals surface area contributed by atoms with E-state index in [1.807, 2.05) is 12.2 Å². The second kappa shape index (κ2) is 16.6. The minimum atomic E-state index is -1.29. The summed E-state index contributed by atoms with van der Waals surface area (Å²) < 4.78 is 5.52. The van der Waals surface area contributed by atoms with Gasteiger partial charge in [-0.15, -0.1) is 0 Å². The number of nitrogens with two attached hydrogens (primary N) is 1. The molecule has 8 atom stereocenters. The molecule has 0 aromatic heterocycles. The number of aliphatic hydroxyl groups is 2. The lowest BCUT2D eigenvalue weighted by atomic mass is 9.87. The third-order valence-corrected chi connectivity index (χ3v) is 8.46. The number of carbonyl (C=O) groups excluding carboxylic acids is 3. The topological polar surface area (TPSA) is 226 Å². The third-order valence-electron chi connectivity index (χ3n) is 7.07. The van der Waals surface area contributed by atoms with Crippen molar-refractivity contribution in [3.05, 3.63) is 12.2 Å². The summed E-state index contributed by atoms with van der Waals surface area (Å²) >= 11 is 1.06. The molecule has 2 amide bonds. The number of esters is 1. The number of fused-ring (bicyclic) bond motifs is 1. The maximum absolute atomic E-state index is 12.8. The number of thioether (sulfide) groups is 1. The van der Waals surface area contributed by atoms with Crippen molar-refractivity contribution in [1.82, 2.24) is 10.6 Å². The first-order valence-corrected chi connectivity index (χ1v) is 14.5. The Hall–Kier alpha value is -2.68. The highest BCUT2D eigenvalue weighted by molar-refractivity contribution is 8.00. The summed E-state index contributed by atoms with van der Waals surface area (Å²) in [6.45, 7) is 1.10. The van der Waals surface area contributed by atoms with Crippen LogP contribution in [-0.2, 0) is 28.7 Å². The van der Waals surface area contributed by atoms with Gasteiger partial charge < -0.3 is 41.5 Å². The number of aliphatic hydroxyl groups excluding tert-OH is 2. The molecule has 13 nitrogen and oxygen atoms in total. The average Bonchev–Trinajstić information content (AvgIpc) is 3.26. The molecule has 0 radical (unpaired) electrons. The molecule has 0 spiro atoms. The molecule has 2 unspecified atom stereocenters. The molecule has 0 saturated heterocycles. The van der Waals surface area contributed by atoms with E-state index in [-0.39, 0.29) is 43.0 Å². The van der Waals surface area contributed by atoms with E-state index in [0.717, 1.165) is 24.6 Å². The lowest BCUT2D eigenvalue weighted by molar-refractivity contribution is -0.149. The Balaban J connectivity index is 2.20. The number of amides is 2. The highest BCUT2D eigenvalue weighted by Gasteiger charge is 2.41. The number of carboxylic acid groups (broad SMARTS) is 2. The van der Waals surface area contributed by atoms with Gasteiger partial charge in [0.1, 0.15) is 18.6 Å². The molecule has 1 aliphatic carbocycles. The Morgan fingerprint density at radius 1 is 1.20 bits per heavy atom. The number of cyclic esters (lactones) is 1. The monoisotopic (exact) mass is 587 g/mol. The fourth-order valence-electron chi connectivity index (χ4n) is 4.90. The molecule has 2 rings (SSSR count). The SMILES string of the molecule is C[C@H]1CCC/C=C/[C@@H]2C[C@H](O)C[C@H]2[C@H](O)[C@@H](SCC(NC(=O)CCC(N)C(=O)O)C(=O)NCC(=O)O)CC(=O)O1. The van der Waals surface area contributed by atoms with Gasteiger partial charge in [-0.3, -0.25) is 24.0 Å². The predicted molar refractivity (Wildman–Crippen MR) is 145 cm³/mol. The molecule has 1 heterocycles. The van der Waals surface area contributed by atoms with Gasteiger partial charge >= 0.3 is 17.9 Å². The van der Waals surface area contributed by atoms with Gasteiger partial charge in [0, 0.05) is 17.4 Å². The standard InChI is InChI=1S/C26H41N3O10S/c1-14-5-3-2-4-6-15-9-16(30)10-17(15)24(35)20(11-23(34)39-14)40-13-19(25(36)28-12-22(32)33)29-21(31)8-7-18(27)26(37)38/h4,6,14-20,24,30,35H,2-3,5,7-13,27H2,1H3,(H,28,36)(H,29,31)(H,32,33)(H,37,38)/b6-4+/t14-,15+,16-,17+,18?,19?,20-,24-/m0/s1. The Labute approximate surface area is 237 Å². The zero-order valence-electron chi connectivity index (χ0n) is 22.6. The molecule has 1 aliphatic heterocycles. The fourth-order valence-corrected chi connectivity index (χ4v) is 6.22. The molecule has 0 aromatic carbocycles. The second-order valence-corrected chi connectivity index (χ2v) is 11.7. The highest BCUT2D eigenvalue weighted by Crippen LogP contribution is 2.39. The van der Waals surface area contributed by atoms with Gasteiger partial charge in [-0.25, -0.2) is 0 Å². The van der Waals surface area contributed by atoms with Crippen molar-refractivity contribution in [2.45, 2.75) is 93.9 Å². The third kappa shape index (κ3) is 11.4. The van der Waals surface area contributed by atoms with Crippen LogP contribution in [0, 0.1) is 11.8 Å². The summed E-state index contributed by atoms with van der Waals surface area (Å²) in [6.07, 6.45) is 4.47. The predicted octanol–water partition coefficient (Wildman–Crippen LogP) is -0.224. The molecule has 0 bridgehead atoms. The van der Waals surface area contributed by atoms with Crippen LogP contribution in [0.5, 0.6) is 0 Å². The first-order chi connectivity index (χ1) is 18.9. The number of nitrogens with one attached hydrogen (secondary N) is 2. The van der Waals surface area contributed by atoms with Crippen LogP contribution >= 0.6 is 11.8 Å². The normalized spacial score (nSPS) is 29.8. The zero-order chi connectivity index (χ0) is 29.8. The number of hydrogen-bond acceptors (Lipinski definition) is 10. The Kier molecular flexibility index (Phi) is 13.9. The molecule has 2 aliphatic rings. The smallest absolute Gasteiger partial charge is 0.322 e. The van der Waals surface area contributed by atoms with Crippen molar-refractivity contribution in [2.24, 2.45) is 17.6 Å². The van der Waals surface area contributed by atoms with Gasteiger partial charge in [-0.2, -0.15) is 11.8 Å². The first-order valence-electron chi connectivity index (χ1n) is 13.5. The van der Waals surface area contributed by atoms with Gasteiger partial charge in [0.05, 0.1) is 24.7 Å². The molecule has 226 valence electrons. The summed E-state index contributed by atoms with van der Waals surface area (Å²) in [7, 11) is 0. The summed E-state index contributed by atoms with van der Waals surface area (Å²) in [5.41, 5.74) is 5.44. The molecule has 1 saturated carbocycles. The van der Waals surface area contributed by atoms with E-state index in [2.05, 4.69) is 10.6 Å². The van der Waals surface area contributed by atoms with E-state index in [9.17, 15) is 34.2 Å². The number of ether oxygens (including phenoxy) is 1. The Bertz CT molecular complexity index is 932. The molecule has 8 N–H and O–H groups in total. The molecule has 0 aromatic rings. The van der Waals surface area contributed by atoms with E-state index in [1.54, 1.807) is 6.92 Å². The number of carbonyl (C=O) groups is 5. The highest BCUT2D eigenvalue weighted by atomic mass is 32.2. The van der Waals surface area contributed by atoms with E-state index >= 15 is 0 Å². The van der Waals surface area contributed by atoms with Crippen molar-refractivity contribution in [2.75, 3.05) is 12.3 Å².